The lowest BCUT2D eigenvalue weighted by Gasteiger charge is -2.36. The summed E-state index contributed by atoms with van der Waals surface area (Å²) < 4.78 is 7.16. The molecular weight excluding hydrogens is 374 g/mol. The van der Waals surface area contributed by atoms with Crippen molar-refractivity contribution in [2.45, 2.75) is 49.9 Å². The van der Waals surface area contributed by atoms with Crippen molar-refractivity contribution < 1.29 is 39.6 Å². The Kier molecular flexibility index (Phi) is 7.78. The third-order valence-electron chi connectivity index (χ3n) is 4.76. The van der Waals surface area contributed by atoms with Gasteiger partial charge in [-0.3, -0.25) is 5.01 Å². The Morgan fingerprint density at radius 1 is 1.36 bits per heavy atom. The molecule has 28 heavy (non-hydrogen) atoms. The summed E-state index contributed by atoms with van der Waals surface area (Å²) in [5.41, 5.74) is 0.959. The molecule has 1 aromatic heterocycles. The molecule has 156 valence electrons. The molecule has 2 saturated heterocycles. The molecule has 2 unspecified atom stereocenters. The van der Waals surface area contributed by atoms with Gasteiger partial charge in [0.15, 0.2) is 18.5 Å². The highest BCUT2D eigenvalue weighted by Gasteiger charge is 2.48. The van der Waals surface area contributed by atoms with Gasteiger partial charge in [-0.1, -0.05) is 0 Å². The van der Waals surface area contributed by atoms with E-state index in [2.05, 4.69) is 5.29 Å². The van der Waals surface area contributed by atoms with Crippen LogP contribution in [0.2, 0.25) is 0 Å². The minimum Gasteiger partial charge on any atom is -0.550 e. The van der Waals surface area contributed by atoms with E-state index in [9.17, 15) is 25.3 Å². The van der Waals surface area contributed by atoms with Crippen molar-refractivity contribution in [1.82, 2.24) is 5.01 Å². The molecule has 3 heterocycles. The molecule has 4 N–H and O–H groups in total. The van der Waals surface area contributed by atoms with E-state index in [-0.39, 0.29) is 5.92 Å². The SMILES string of the molecule is CC(=O)[O-].O=NN1CCC(c2ccc[n+](C3O[C@H](CO)[C@@H](O)[C@H](O)[C@H]3O)c2)C1. The summed E-state index contributed by atoms with van der Waals surface area (Å²) in [6, 6.07) is 3.70. The number of nitrogens with zero attached hydrogens (tertiary/aromatic N) is 3. The van der Waals surface area contributed by atoms with Crippen molar-refractivity contribution in [1.29, 1.82) is 0 Å². The first-order valence-corrected chi connectivity index (χ1v) is 8.85. The molecule has 0 radical (unpaired) electrons. The Bertz CT molecular complexity index is 670. The maximum absolute atomic E-state index is 10.6. The average molecular weight is 399 g/mol. The molecule has 3 rings (SSSR count). The monoisotopic (exact) mass is 399 g/mol. The summed E-state index contributed by atoms with van der Waals surface area (Å²) in [5, 5.41) is 52.6. The van der Waals surface area contributed by atoms with Gasteiger partial charge < -0.3 is 35.1 Å². The van der Waals surface area contributed by atoms with Crippen molar-refractivity contribution in [3.8, 4) is 0 Å². The number of hydrogen-bond donors (Lipinski definition) is 4. The molecule has 0 amide bonds. The first kappa shape index (κ1) is 22.1. The number of aliphatic hydroxyl groups excluding tert-OH is 4. The van der Waals surface area contributed by atoms with Gasteiger partial charge in [0.05, 0.1) is 11.9 Å². The minimum absolute atomic E-state index is 0.139. The number of nitroso groups, excluding NO2 is 1. The summed E-state index contributed by atoms with van der Waals surface area (Å²) >= 11 is 0. The number of carbonyl (C=O) groups excluding carboxylic acids is 1. The van der Waals surface area contributed by atoms with Crippen LogP contribution in [0.25, 0.3) is 0 Å². The summed E-state index contributed by atoms with van der Waals surface area (Å²) in [4.78, 5) is 19.5. The summed E-state index contributed by atoms with van der Waals surface area (Å²) in [7, 11) is 0. The second-order valence-electron chi connectivity index (χ2n) is 6.78. The average Bonchev–Trinajstić information content (AvgIpc) is 3.15. The van der Waals surface area contributed by atoms with E-state index in [1.807, 2.05) is 6.07 Å². The van der Waals surface area contributed by atoms with Gasteiger partial charge in [0, 0.05) is 36.6 Å². The number of pyridine rings is 1. The molecule has 11 nitrogen and oxygen atoms in total. The highest BCUT2D eigenvalue weighted by Crippen LogP contribution is 2.28. The fourth-order valence-corrected chi connectivity index (χ4v) is 3.33. The van der Waals surface area contributed by atoms with Gasteiger partial charge in [-0.15, -0.1) is 4.91 Å². The Morgan fingerprint density at radius 3 is 2.61 bits per heavy atom. The Balaban J connectivity index is 0.000000640. The lowest BCUT2D eigenvalue weighted by atomic mass is 9.97. The topological polar surface area (TPSA) is 167 Å². The van der Waals surface area contributed by atoms with Crippen LogP contribution >= 0.6 is 0 Å². The van der Waals surface area contributed by atoms with E-state index in [0.29, 0.717) is 13.1 Å². The molecular formula is C17H25N3O8. The van der Waals surface area contributed by atoms with Crippen LogP contribution in [0.4, 0.5) is 0 Å². The van der Waals surface area contributed by atoms with Gasteiger partial charge in [-0.2, -0.15) is 4.57 Å². The number of carboxylic acid groups (broad SMARTS) is 1. The summed E-state index contributed by atoms with van der Waals surface area (Å²) in [5.74, 6) is -0.944. The van der Waals surface area contributed by atoms with E-state index in [1.54, 1.807) is 23.0 Å². The number of aliphatic carboxylic acids is 1. The maximum Gasteiger partial charge on any atom is 0.292 e. The van der Waals surface area contributed by atoms with Crippen molar-refractivity contribution >= 4 is 5.97 Å². The van der Waals surface area contributed by atoms with Crippen LogP contribution in [0.5, 0.6) is 0 Å². The van der Waals surface area contributed by atoms with E-state index in [4.69, 9.17) is 14.6 Å². The molecule has 0 saturated carbocycles. The molecule has 11 heteroatoms. The number of ether oxygens (including phenoxy) is 1. The number of aromatic nitrogens is 1. The summed E-state index contributed by atoms with van der Waals surface area (Å²) in [6.07, 6.45) is -1.75. The van der Waals surface area contributed by atoms with Crippen LogP contribution in [-0.2, 0) is 9.53 Å². The van der Waals surface area contributed by atoms with Gasteiger partial charge in [-0.25, -0.2) is 0 Å². The first-order chi connectivity index (χ1) is 13.3. The van der Waals surface area contributed by atoms with E-state index in [0.717, 1.165) is 18.9 Å². The van der Waals surface area contributed by atoms with Gasteiger partial charge in [0.2, 0.25) is 0 Å². The zero-order chi connectivity index (χ0) is 20.8. The predicted octanol–water partition coefficient (Wildman–Crippen LogP) is -2.83. The zero-order valence-corrected chi connectivity index (χ0v) is 15.4. The molecule has 2 aliphatic heterocycles. The normalized spacial score (nSPS) is 32.4. The highest BCUT2D eigenvalue weighted by molar-refractivity contribution is 5.60. The largest absolute Gasteiger partial charge is 0.550 e. The fraction of sp³-hybridized carbons (Fsp3) is 0.647. The maximum atomic E-state index is 10.6. The van der Waals surface area contributed by atoms with Crippen LogP contribution in [-0.4, -0.2) is 75.5 Å². The standard InChI is InChI=1S/C15H22N3O6.C2H4O2/c19-8-11-12(20)13(21)14(22)15(24-11)17-4-1-2-9(6-17)10-3-5-18(7-10)16-23;1-2(3)4/h1-2,4,6,10-15,19-22H,3,5,7-8H2;1H3,(H,3,4)/q+1;/p-1/t10?,11-,12-,13+,14-,15?;/m1./s1. The van der Waals surface area contributed by atoms with E-state index < -0.39 is 43.2 Å². The third-order valence-corrected chi connectivity index (χ3v) is 4.76. The number of aliphatic hydroxyl groups is 4. The molecule has 0 bridgehead atoms. The fourth-order valence-electron chi connectivity index (χ4n) is 3.33. The Hall–Kier alpha value is -2.18. The van der Waals surface area contributed by atoms with Crippen LogP contribution < -0.4 is 9.67 Å². The molecule has 2 aliphatic rings. The smallest absolute Gasteiger partial charge is 0.292 e. The van der Waals surface area contributed by atoms with Crippen LogP contribution in [0.1, 0.15) is 31.1 Å². The lowest BCUT2D eigenvalue weighted by Crippen LogP contribution is -2.62. The molecule has 0 aromatic carbocycles. The quantitative estimate of drug-likeness (QED) is 0.308. The van der Waals surface area contributed by atoms with Crippen molar-refractivity contribution in [2.75, 3.05) is 19.7 Å². The molecule has 2 fully saturated rings. The van der Waals surface area contributed by atoms with Gasteiger partial charge in [0.1, 0.15) is 18.3 Å². The van der Waals surface area contributed by atoms with Gasteiger partial charge >= 0.3 is 0 Å². The predicted molar refractivity (Wildman–Crippen MR) is 91.1 cm³/mol. The second-order valence-corrected chi connectivity index (χ2v) is 6.78. The number of carbonyl (C=O) groups is 1. The molecule has 0 spiro atoms. The van der Waals surface area contributed by atoms with Gasteiger partial charge in [-0.05, 0) is 19.4 Å². The van der Waals surface area contributed by atoms with Crippen molar-refractivity contribution in [3.05, 3.63) is 35.0 Å². The molecule has 1 aromatic rings. The van der Waals surface area contributed by atoms with Crippen molar-refractivity contribution in [2.24, 2.45) is 5.29 Å². The number of hydrogen-bond acceptors (Lipinski definition) is 9. The highest BCUT2D eigenvalue weighted by atomic mass is 16.6. The Labute approximate surface area is 161 Å². The van der Waals surface area contributed by atoms with Crippen LogP contribution in [0, 0.1) is 4.91 Å². The molecule has 0 aliphatic carbocycles. The minimum atomic E-state index is -1.42. The van der Waals surface area contributed by atoms with Crippen LogP contribution in [0.3, 0.4) is 0 Å². The van der Waals surface area contributed by atoms with E-state index >= 15 is 0 Å². The Morgan fingerprint density at radius 2 is 2.04 bits per heavy atom. The van der Waals surface area contributed by atoms with Crippen LogP contribution in [0.15, 0.2) is 29.8 Å². The summed E-state index contributed by atoms with van der Waals surface area (Å²) in [6.45, 7) is 1.63. The van der Waals surface area contributed by atoms with E-state index in [1.165, 1.54) is 5.01 Å². The third kappa shape index (κ3) is 5.20. The van der Waals surface area contributed by atoms with Crippen molar-refractivity contribution in [3.63, 3.8) is 0 Å². The molecule has 6 atom stereocenters. The lowest BCUT2D eigenvalue weighted by molar-refractivity contribution is -0.778. The number of carboxylic acids is 1. The second kappa shape index (κ2) is 9.85. The first-order valence-electron chi connectivity index (χ1n) is 8.85. The van der Waals surface area contributed by atoms with Gasteiger partial charge in [0.25, 0.3) is 6.23 Å². The number of rotatable bonds is 4. The zero-order valence-electron chi connectivity index (χ0n) is 15.4.